The van der Waals surface area contributed by atoms with Crippen LogP contribution in [0.4, 0.5) is 5.82 Å². The van der Waals surface area contributed by atoms with Gasteiger partial charge < -0.3 is 9.64 Å². The molecule has 1 atom stereocenters. The molecule has 34 heavy (non-hydrogen) atoms. The van der Waals surface area contributed by atoms with Crippen LogP contribution < -0.4 is 8.30 Å². The van der Waals surface area contributed by atoms with E-state index in [2.05, 4.69) is 18.3 Å². The molecule has 2 heterocycles. The van der Waals surface area contributed by atoms with E-state index < -0.39 is 21.0 Å². The topological polar surface area (TPSA) is 102 Å². The maximum absolute atomic E-state index is 12.9. The van der Waals surface area contributed by atoms with E-state index in [1.165, 1.54) is 6.08 Å². The number of hydrogen-bond donors (Lipinski definition) is 1. The molecule has 1 amide bonds. The van der Waals surface area contributed by atoms with Crippen LogP contribution in [-0.4, -0.2) is 44.2 Å². The van der Waals surface area contributed by atoms with E-state index in [9.17, 15) is 9.59 Å². The zero-order valence-electron chi connectivity index (χ0n) is 18.6. The molecule has 1 saturated heterocycles. The zero-order chi connectivity index (χ0) is 24.1. The van der Waals surface area contributed by atoms with Gasteiger partial charge in [0.15, 0.2) is 5.82 Å². The Labute approximate surface area is 207 Å². The summed E-state index contributed by atoms with van der Waals surface area (Å²) in [5, 5.41) is 4.80. The van der Waals surface area contributed by atoms with Gasteiger partial charge in [-0.15, -0.1) is 0 Å². The van der Waals surface area contributed by atoms with E-state index in [1.807, 2.05) is 54.6 Å². The smallest absolute Gasteiger partial charge is 0.285 e. The average molecular weight is 570 g/mol. The molecule has 1 aliphatic rings. The van der Waals surface area contributed by atoms with Crippen LogP contribution in [0.2, 0.25) is 0 Å². The molecule has 0 spiro atoms. The first-order valence-electron chi connectivity index (χ1n) is 10.8. The van der Waals surface area contributed by atoms with Gasteiger partial charge in [-0.2, -0.15) is 5.10 Å². The minimum atomic E-state index is -1.22. The van der Waals surface area contributed by atoms with Gasteiger partial charge in [-0.25, -0.2) is 13.2 Å². The van der Waals surface area contributed by atoms with Gasteiger partial charge in [-0.3, -0.25) is 9.59 Å². The number of halogens is 1. The molecular weight excluding hydrogens is 545 g/mol. The fraction of sp³-hybridized carbons (Fsp3) is 0.200. The largest absolute Gasteiger partial charge is 0.457 e. The molecule has 9 heteroatoms. The molecule has 1 fully saturated rings. The van der Waals surface area contributed by atoms with Gasteiger partial charge in [0.05, 0.1) is 6.04 Å². The molecule has 8 nitrogen and oxygen atoms in total. The summed E-state index contributed by atoms with van der Waals surface area (Å²) in [5.74, 6) is 1.68. The Hall–Kier alpha value is -3.47. The number of benzene rings is 2. The summed E-state index contributed by atoms with van der Waals surface area (Å²) in [6, 6.07) is 16.7. The van der Waals surface area contributed by atoms with Crippen molar-refractivity contribution in [3.63, 3.8) is 0 Å². The Morgan fingerprint density at radius 1 is 1.15 bits per heavy atom. The van der Waals surface area contributed by atoms with Gasteiger partial charge in [0, 0.05) is 18.7 Å². The van der Waals surface area contributed by atoms with Crippen molar-refractivity contribution >= 4 is 43.3 Å². The quantitative estimate of drug-likeness (QED) is 0.191. The van der Waals surface area contributed by atoms with Gasteiger partial charge >= 0.3 is 0 Å². The number of likely N-dealkylation sites (tertiary alicyclic amines) is 1. The monoisotopic (exact) mass is 570 g/mol. The third kappa shape index (κ3) is 4.89. The molecule has 0 bridgehead atoms. The molecular formula is C25H25IN5O3+. The van der Waals surface area contributed by atoms with Gasteiger partial charge in [-0.1, -0.05) is 24.8 Å². The van der Waals surface area contributed by atoms with Crippen molar-refractivity contribution in [3.05, 3.63) is 72.8 Å². The number of para-hydroxylation sites is 1. The molecule has 1 aromatic heterocycles. The first-order valence-corrected chi connectivity index (χ1v) is 13.1. The lowest BCUT2D eigenvalue weighted by Gasteiger charge is -2.32. The number of rotatable bonds is 8. The van der Waals surface area contributed by atoms with Crippen LogP contribution in [0.1, 0.15) is 29.2 Å². The highest BCUT2D eigenvalue weighted by Crippen LogP contribution is 2.37. The van der Waals surface area contributed by atoms with E-state index >= 15 is 0 Å². The Kier molecular flexibility index (Phi) is 7.41. The Morgan fingerprint density at radius 3 is 2.50 bits per heavy atom. The minimum Gasteiger partial charge on any atom is -0.457 e. The lowest BCUT2D eigenvalue weighted by molar-refractivity contribution is -0.127. The number of hydrogen-bond acceptors (Lipinski definition) is 5. The molecule has 174 valence electrons. The molecule has 0 radical (unpaired) electrons. The highest BCUT2D eigenvalue weighted by Gasteiger charge is 2.31. The van der Waals surface area contributed by atoms with Crippen LogP contribution in [0.3, 0.4) is 0 Å². The van der Waals surface area contributed by atoms with Crippen LogP contribution in [-0.2, 0) is 4.79 Å². The lowest BCUT2D eigenvalue weighted by Crippen LogP contribution is -2.40. The number of nitrogens with two attached hydrogens (primary N) is 1. The van der Waals surface area contributed by atoms with E-state index in [-0.39, 0.29) is 15.7 Å². The standard InChI is InChI=1S/C25H24IN5O3/c1-3-21(32)30-15-7-8-18(16-30)31-25(28-2)22(24(33)26-27)23(29-31)17-11-13-20(14-12-17)34-19-9-5-4-6-10-19/h3-6,9-14,18,27H,1-2,7-8,15-16H2/p+1/t18-/m1/s1. The number of ether oxygens (including phenoxy) is 1. The van der Waals surface area contributed by atoms with Crippen molar-refractivity contribution in [2.24, 2.45) is 4.99 Å². The Balaban J connectivity index is 1.71. The Bertz CT molecular complexity index is 1240. The van der Waals surface area contributed by atoms with Crippen molar-refractivity contribution in [2.45, 2.75) is 18.9 Å². The second-order valence-electron chi connectivity index (χ2n) is 7.76. The average Bonchev–Trinajstić information content (AvgIpc) is 3.28. The van der Waals surface area contributed by atoms with Crippen LogP contribution >= 0.6 is 21.0 Å². The second-order valence-corrected chi connectivity index (χ2v) is 9.36. The minimum absolute atomic E-state index is 0.122. The summed E-state index contributed by atoms with van der Waals surface area (Å²) >= 11 is -1.22. The van der Waals surface area contributed by atoms with Crippen molar-refractivity contribution in [1.82, 2.24) is 14.7 Å². The van der Waals surface area contributed by atoms with Crippen molar-refractivity contribution < 1.29 is 17.9 Å². The van der Waals surface area contributed by atoms with E-state index in [4.69, 9.17) is 13.4 Å². The molecule has 2 N–H and O–H groups in total. The Morgan fingerprint density at radius 2 is 1.85 bits per heavy atom. The first kappa shape index (κ1) is 23.7. The molecule has 1 aliphatic heterocycles. The number of piperidine rings is 1. The van der Waals surface area contributed by atoms with E-state index in [0.29, 0.717) is 35.9 Å². The van der Waals surface area contributed by atoms with Crippen LogP contribution in [0.5, 0.6) is 11.5 Å². The molecule has 2 aromatic carbocycles. The maximum Gasteiger partial charge on any atom is 0.285 e. The van der Waals surface area contributed by atoms with Crippen LogP contribution in [0, 0.1) is 0 Å². The third-order valence-corrected chi connectivity index (χ3v) is 6.77. The predicted octanol–water partition coefficient (Wildman–Crippen LogP) is 4.08. The maximum atomic E-state index is 12.9. The number of aromatic nitrogens is 2. The SMILES string of the molecule is C=CC(=O)N1CCC[C@@H](n2nc(-c3ccc(Oc4ccccc4)cc3)c(C(=O)I=[NH2+])c2N=C)C1. The zero-order valence-corrected chi connectivity index (χ0v) is 20.7. The fourth-order valence-corrected chi connectivity index (χ4v) is 4.87. The summed E-state index contributed by atoms with van der Waals surface area (Å²) in [5.41, 5.74) is 1.64. The number of carbonyl (C=O) groups excluding carboxylic acids is 2. The van der Waals surface area contributed by atoms with E-state index in [1.54, 1.807) is 9.58 Å². The lowest BCUT2D eigenvalue weighted by atomic mass is 10.1. The summed E-state index contributed by atoms with van der Waals surface area (Å²) in [6.45, 7) is 8.40. The van der Waals surface area contributed by atoms with Gasteiger partial charge in [0.25, 0.3) is 24.8 Å². The molecule has 4 rings (SSSR count). The predicted molar refractivity (Wildman–Crippen MR) is 139 cm³/mol. The first-order chi connectivity index (χ1) is 16.5. The number of nitrogens with zero attached hydrogens (tertiary/aromatic N) is 4. The highest BCUT2D eigenvalue weighted by atomic mass is 127. The normalized spacial score (nSPS) is 15.5. The molecule has 3 aromatic rings. The van der Waals surface area contributed by atoms with Crippen molar-refractivity contribution in [3.8, 4) is 22.8 Å². The van der Waals surface area contributed by atoms with Gasteiger partial charge in [-0.05, 0) is 62.0 Å². The molecule has 0 saturated carbocycles. The summed E-state index contributed by atoms with van der Waals surface area (Å²) in [6.07, 6.45) is 2.94. The fourth-order valence-electron chi connectivity index (χ4n) is 4.06. The van der Waals surface area contributed by atoms with Gasteiger partial charge in [0.1, 0.15) is 22.8 Å². The van der Waals surface area contributed by atoms with Crippen LogP contribution in [0.25, 0.3) is 11.3 Å². The second kappa shape index (κ2) is 10.6. The molecule has 0 aliphatic carbocycles. The van der Waals surface area contributed by atoms with E-state index in [0.717, 1.165) is 24.2 Å². The summed E-state index contributed by atoms with van der Waals surface area (Å²) in [7, 11) is 0. The highest BCUT2D eigenvalue weighted by molar-refractivity contribution is 14.2. The third-order valence-electron chi connectivity index (χ3n) is 5.67. The number of amides is 1. The van der Waals surface area contributed by atoms with Crippen molar-refractivity contribution in [1.29, 1.82) is 0 Å². The number of aliphatic imine (C=N–C) groups is 1. The summed E-state index contributed by atoms with van der Waals surface area (Å²) in [4.78, 5) is 31.0. The number of carbonyl (C=O) groups is 2. The van der Waals surface area contributed by atoms with Gasteiger partial charge in [0.2, 0.25) is 5.91 Å². The van der Waals surface area contributed by atoms with Crippen molar-refractivity contribution in [2.75, 3.05) is 13.1 Å². The van der Waals surface area contributed by atoms with Crippen LogP contribution in [0.15, 0.2) is 72.2 Å². The molecule has 0 unspecified atom stereocenters. The summed E-state index contributed by atoms with van der Waals surface area (Å²) < 4.78 is 13.3.